The summed E-state index contributed by atoms with van der Waals surface area (Å²) in [4.78, 5) is 2.32. The van der Waals surface area contributed by atoms with Crippen molar-refractivity contribution in [3.05, 3.63) is 0 Å². The highest BCUT2D eigenvalue weighted by Crippen LogP contribution is 2.28. The lowest BCUT2D eigenvalue weighted by Gasteiger charge is -2.24. The second-order valence-corrected chi connectivity index (χ2v) is 5.39. The van der Waals surface area contributed by atoms with E-state index in [0.717, 1.165) is 51.8 Å². The largest absolute Gasteiger partial charge is 0.383 e. The van der Waals surface area contributed by atoms with Crippen molar-refractivity contribution in [2.45, 2.75) is 32.2 Å². The minimum Gasteiger partial charge on any atom is -0.383 e. The zero-order valence-corrected chi connectivity index (χ0v) is 12.3. The van der Waals surface area contributed by atoms with Gasteiger partial charge >= 0.3 is 0 Å². The van der Waals surface area contributed by atoms with Gasteiger partial charge in [0.2, 0.25) is 0 Å². The molecule has 0 heterocycles. The molecule has 0 amide bonds. The van der Waals surface area contributed by atoms with Gasteiger partial charge in [-0.2, -0.15) is 0 Å². The van der Waals surface area contributed by atoms with E-state index in [1.54, 1.807) is 7.11 Å². The van der Waals surface area contributed by atoms with Gasteiger partial charge in [0.05, 0.1) is 13.2 Å². The van der Waals surface area contributed by atoms with E-state index < -0.39 is 0 Å². The van der Waals surface area contributed by atoms with Crippen LogP contribution >= 0.6 is 0 Å². The number of rotatable bonds is 12. The van der Waals surface area contributed by atoms with Crippen LogP contribution in [0, 0.1) is 5.92 Å². The predicted octanol–water partition coefficient (Wildman–Crippen LogP) is 1.36. The molecule has 0 aromatic heterocycles. The number of nitrogens with one attached hydrogen (secondary N) is 1. The number of nitrogens with zero attached hydrogens (tertiary/aromatic N) is 1. The summed E-state index contributed by atoms with van der Waals surface area (Å²) >= 11 is 0. The molecule has 4 nitrogen and oxygen atoms in total. The van der Waals surface area contributed by atoms with Crippen LogP contribution < -0.4 is 5.32 Å². The molecular weight excluding hydrogens is 228 g/mol. The Balaban J connectivity index is 2.03. The smallest absolute Gasteiger partial charge is 0.0628 e. The average molecular weight is 258 g/mol. The van der Waals surface area contributed by atoms with Gasteiger partial charge in [-0.1, -0.05) is 6.92 Å². The van der Waals surface area contributed by atoms with Crippen molar-refractivity contribution in [3.63, 3.8) is 0 Å². The molecule has 0 aromatic carbocycles. The Hall–Kier alpha value is -0.160. The van der Waals surface area contributed by atoms with Gasteiger partial charge in [0.25, 0.3) is 0 Å². The van der Waals surface area contributed by atoms with Crippen LogP contribution in [-0.4, -0.2) is 64.6 Å². The molecule has 0 spiro atoms. The molecule has 1 aliphatic carbocycles. The van der Waals surface area contributed by atoms with E-state index >= 15 is 0 Å². The van der Waals surface area contributed by atoms with Crippen LogP contribution in [0.3, 0.4) is 0 Å². The van der Waals surface area contributed by atoms with E-state index in [4.69, 9.17) is 9.47 Å². The monoisotopic (exact) mass is 258 g/mol. The van der Waals surface area contributed by atoms with E-state index in [2.05, 4.69) is 24.2 Å². The summed E-state index contributed by atoms with van der Waals surface area (Å²) in [5, 5.41) is 3.51. The molecule has 1 fully saturated rings. The van der Waals surface area contributed by atoms with Crippen molar-refractivity contribution in [2.24, 2.45) is 5.92 Å². The Labute approximate surface area is 112 Å². The Bertz CT molecular complexity index is 198. The van der Waals surface area contributed by atoms with Crippen molar-refractivity contribution < 1.29 is 9.47 Å². The highest BCUT2D eigenvalue weighted by molar-refractivity contribution is 4.72. The summed E-state index contributed by atoms with van der Waals surface area (Å²) in [7, 11) is 3.91. The van der Waals surface area contributed by atoms with Crippen molar-refractivity contribution >= 4 is 0 Å². The zero-order valence-electron chi connectivity index (χ0n) is 12.3. The number of ether oxygens (including phenoxy) is 2. The van der Waals surface area contributed by atoms with Gasteiger partial charge in [-0.05, 0) is 38.8 Å². The van der Waals surface area contributed by atoms with Crippen molar-refractivity contribution in [1.29, 1.82) is 0 Å². The highest BCUT2D eigenvalue weighted by atomic mass is 16.5. The summed E-state index contributed by atoms with van der Waals surface area (Å²) < 4.78 is 10.9. The molecular formula is C14H30N2O2. The molecule has 4 heteroatoms. The van der Waals surface area contributed by atoms with Gasteiger partial charge in [0.15, 0.2) is 0 Å². The molecule has 1 rings (SSSR count). The van der Waals surface area contributed by atoms with Crippen molar-refractivity contribution in [2.75, 3.05) is 53.6 Å². The molecule has 1 N–H and O–H groups in total. The predicted molar refractivity (Wildman–Crippen MR) is 75.0 cm³/mol. The number of hydrogen-bond acceptors (Lipinski definition) is 4. The SMILES string of the molecule is CCCNC(COC)CN(C)CCOCC1CC1. The maximum absolute atomic E-state index is 5.66. The van der Waals surface area contributed by atoms with E-state index in [1.807, 2.05) is 0 Å². The third-order valence-corrected chi connectivity index (χ3v) is 3.25. The molecule has 0 aliphatic heterocycles. The molecule has 1 unspecified atom stereocenters. The topological polar surface area (TPSA) is 33.7 Å². The molecule has 1 atom stereocenters. The number of methoxy groups -OCH3 is 1. The fourth-order valence-electron chi connectivity index (χ4n) is 1.95. The van der Waals surface area contributed by atoms with Crippen LogP contribution in [0.25, 0.3) is 0 Å². The Morgan fingerprint density at radius 1 is 1.39 bits per heavy atom. The van der Waals surface area contributed by atoms with Crippen LogP contribution in [-0.2, 0) is 9.47 Å². The van der Waals surface area contributed by atoms with Gasteiger partial charge in [-0.3, -0.25) is 0 Å². The average Bonchev–Trinajstić information content (AvgIpc) is 3.16. The second kappa shape index (κ2) is 9.73. The minimum atomic E-state index is 0.420. The number of likely N-dealkylation sites (N-methyl/N-ethyl adjacent to an activating group) is 1. The van der Waals surface area contributed by atoms with Gasteiger partial charge in [0, 0.05) is 32.8 Å². The molecule has 1 aliphatic rings. The fraction of sp³-hybridized carbons (Fsp3) is 1.00. The zero-order chi connectivity index (χ0) is 13.2. The van der Waals surface area contributed by atoms with Crippen LogP contribution in [0.1, 0.15) is 26.2 Å². The van der Waals surface area contributed by atoms with Gasteiger partial charge < -0.3 is 19.7 Å². The first-order chi connectivity index (χ1) is 8.76. The normalized spacial score (nSPS) is 17.3. The highest BCUT2D eigenvalue weighted by Gasteiger charge is 2.21. The van der Waals surface area contributed by atoms with Crippen molar-refractivity contribution in [3.8, 4) is 0 Å². The van der Waals surface area contributed by atoms with E-state index in [0.29, 0.717) is 6.04 Å². The van der Waals surface area contributed by atoms with Gasteiger partial charge in [-0.25, -0.2) is 0 Å². The molecule has 0 aromatic rings. The third kappa shape index (κ3) is 8.03. The maximum atomic E-state index is 5.66. The summed E-state index contributed by atoms with van der Waals surface area (Å²) in [6.45, 7) is 7.84. The fourth-order valence-corrected chi connectivity index (χ4v) is 1.95. The molecule has 0 radical (unpaired) electrons. The van der Waals surface area contributed by atoms with Crippen LogP contribution in [0.15, 0.2) is 0 Å². The molecule has 0 bridgehead atoms. The lowest BCUT2D eigenvalue weighted by Crippen LogP contribution is -2.43. The van der Waals surface area contributed by atoms with Crippen LogP contribution in [0.5, 0.6) is 0 Å². The lowest BCUT2D eigenvalue weighted by atomic mass is 10.2. The summed E-state index contributed by atoms with van der Waals surface area (Å²) in [5.41, 5.74) is 0. The van der Waals surface area contributed by atoms with Gasteiger partial charge in [-0.15, -0.1) is 0 Å². The first kappa shape index (κ1) is 15.9. The van der Waals surface area contributed by atoms with Crippen molar-refractivity contribution in [1.82, 2.24) is 10.2 Å². The Morgan fingerprint density at radius 3 is 2.78 bits per heavy atom. The van der Waals surface area contributed by atoms with Crippen LogP contribution in [0.2, 0.25) is 0 Å². The quantitative estimate of drug-likeness (QED) is 0.536. The number of hydrogen-bond donors (Lipinski definition) is 1. The summed E-state index contributed by atoms with van der Waals surface area (Å²) in [6, 6.07) is 0.420. The van der Waals surface area contributed by atoms with E-state index in [-0.39, 0.29) is 0 Å². The lowest BCUT2D eigenvalue weighted by molar-refractivity contribution is 0.0929. The Kier molecular flexibility index (Phi) is 8.59. The summed E-state index contributed by atoms with van der Waals surface area (Å²) in [5.74, 6) is 0.864. The molecule has 18 heavy (non-hydrogen) atoms. The molecule has 1 saturated carbocycles. The van der Waals surface area contributed by atoms with Gasteiger partial charge in [0.1, 0.15) is 0 Å². The van der Waals surface area contributed by atoms with Crippen LogP contribution in [0.4, 0.5) is 0 Å². The Morgan fingerprint density at radius 2 is 2.17 bits per heavy atom. The van der Waals surface area contributed by atoms with E-state index in [1.165, 1.54) is 12.8 Å². The standard InChI is InChI=1S/C14H30N2O2/c1-4-7-15-14(12-17-3)10-16(2)8-9-18-11-13-5-6-13/h13-15H,4-12H2,1-3H3. The maximum Gasteiger partial charge on any atom is 0.0628 e. The third-order valence-electron chi connectivity index (χ3n) is 3.25. The van der Waals surface area contributed by atoms with E-state index in [9.17, 15) is 0 Å². The molecule has 0 saturated heterocycles. The first-order valence-electron chi connectivity index (χ1n) is 7.24. The summed E-state index contributed by atoms with van der Waals surface area (Å²) in [6.07, 6.45) is 3.90. The second-order valence-electron chi connectivity index (χ2n) is 5.39. The first-order valence-corrected chi connectivity index (χ1v) is 7.24. The minimum absolute atomic E-state index is 0.420. The molecule has 108 valence electrons.